The molecule has 1 rings (SSSR count). The highest BCUT2D eigenvalue weighted by atomic mass is 16.5. The summed E-state index contributed by atoms with van der Waals surface area (Å²) in [5.41, 5.74) is 1.05. The van der Waals surface area contributed by atoms with Crippen molar-refractivity contribution < 1.29 is 19.7 Å². The van der Waals surface area contributed by atoms with Gasteiger partial charge in [0.25, 0.3) is 0 Å². The van der Waals surface area contributed by atoms with Crippen molar-refractivity contribution in [2.24, 2.45) is 11.8 Å². The van der Waals surface area contributed by atoms with Crippen LogP contribution >= 0.6 is 0 Å². The Bertz CT molecular complexity index is 388. The van der Waals surface area contributed by atoms with Crippen LogP contribution in [0.15, 0.2) is 36.9 Å². The highest BCUT2D eigenvalue weighted by Crippen LogP contribution is 2.16. The Balaban J connectivity index is 2.37. The first-order valence-electron chi connectivity index (χ1n) is 6.74. The Morgan fingerprint density at radius 3 is 2.45 bits per heavy atom. The quantitative estimate of drug-likeness (QED) is 0.679. The van der Waals surface area contributed by atoms with Gasteiger partial charge in [-0.25, -0.2) is 0 Å². The van der Waals surface area contributed by atoms with Crippen molar-refractivity contribution in [1.82, 2.24) is 0 Å². The molecule has 0 fully saturated rings. The fraction of sp³-hybridized carbons (Fsp3) is 0.500. The van der Waals surface area contributed by atoms with Gasteiger partial charge in [-0.3, -0.25) is 0 Å². The van der Waals surface area contributed by atoms with Crippen molar-refractivity contribution in [2.45, 2.75) is 19.6 Å². The lowest BCUT2D eigenvalue weighted by Gasteiger charge is -2.23. The van der Waals surface area contributed by atoms with Gasteiger partial charge in [0, 0.05) is 11.8 Å². The highest BCUT2D eigenvalue weighted by molar-refractivity contribution is 5.26. The number of aliphatic hydroxyl groups excluding tert-OH is 2. The lowest BCUT2D eigenvalue weighted by atomic mass is 9.93. The summed E-state index contributed by atoms with van der Waals surface area (Å²) in [5.74, 6) is 0.437. The van der Waals surface area contributed by atoms with Gasteiger partial charge in [0.15, 0.2) is 0 Å². The van der Waals surface area contributed by atoms with Crippen molar-refractivity contribution in [3.05, 3.63) is 42.5 Å². The topological polar surface area (TPSA) is 58.9 Å². The number of benzene rings is 1. The van der Waals surface area contributed by atoms with Crippen LogP contribution < -0.4 is 4.74 Å². The molecule has 0 aromatic heterocycles. The van der Waals surface area contributed by atoms with Crippen LogP contribution in [0.4, 0.5) is 0 Å². The van der Waals surface area contributed by atoms with Crippen LogP contribution in [0.2, 0.25) is 0 Å². The van der Waals surface area contributed by atoms with Gasteiger partial charge in [0.05, 0.1) is 33.0 Å². The van der Waals surface area contributed by atoms with E-state index in [9.17, 15) is 5.11 Å². The smallest absolute Gasteiger partial charge is 0.118 e. The minimum absolute atomic E-state index is 0.0663. The van der Waals surface area contributed by atoms with Crippen LogP contribution in [0.5, 0.6) is 5.75 Å². The fourth-order valence-corrected chi connectivity index (χ4v) is 1.93. The number of hydrogen-bond donors (Lipinski definition) is 2. The molecule has 0 saturated carbocycles. The minimum Gasteiger partial charge on any atom is -0.497 e. The van der Waals surface area contributed by atoms with Gasteiger partial charge in [0.1, 0.15) is 5.75 Å². The second-order valence-electron chi connectivity index (χ2n) is 4.91. The first-order chi connectivity index (χ1) is 9.62. The zero-order chi connectivity index (χ0) is 15.0. The molecule has 20 heavy (non-hydrogen) atoms. The maximum Gasteiger partial charge on any atom is 0.118 e. The van der Waals surface area contributed by atoms with Gasteiger partial charge in [-0.1, -0.05) is 25.1 Å². The van der Waals surface area contributed by atoms with E-state index >= 15 is 0 Å². The number of methoxy groups -OCH3 is 1. The van der Waals surface area contributed by atoms with E-state index in [-0.39, 0.29) is 18.4 Å². The van der Waals surface area contributed by atoms with Gasteiger partial charge in [0.2, 0.25) is 0 Å². The van der Waals surface area contributed by atoms with Crippen LogP contribution in [0.3, 0.4) is 0 Å². The van der Waals surface area contributed by atoms with Gasteiger partial charge >= 0.3 is 0 Å². The molecule has 0 radical (unpaired) electrons. The van der Waals surface area contributed by atoms with Crippen LogP contribution in [-0.2, 0) is 11.3 Å². The summed E-state index contributed by atoms with van der Waals surface area (Å²) in [4.78, 5) is 0. The molecule has 0 heterocycles. The Morgan fingerprint density at radius 1 is 1.30 bits per heavy atom. The van der Waals surface area contributed by atoms with Crippen molar-refractivity contribution in [3.63, 3.8) is 0 Å². The molecule has 0 aliphatic heterocycles. The Hall–Kier alpha value is -1.36. The van der Waals surface area contributed by atoms with Crippen molar-refractivity contribution >= 4 is 0 Å². The highest BCUT2D eigenvalue weighted by Gasteiger charge is 2.21. The third-order valence-corrected chi connectivity index (χ3v) is 3.34. The lowest BCUT2D eigenvalue weighted by Crippen LogP contribution is -2.31. The summed E-state index contributed by atoms with van der Waals surface area (Å²) in [6, 6.07) is 7.66. The summed E-state index contributed by atoms with van der Waals surface area (Å²) in [6.45, 7) is 6.31. The number of hydrogen-bond acceptors (Lipinski definition) is 4. The first-order valence-corrected chi connectivity index (χ1v) is 6.74. The van der Waals surface area contributed by atoms with Crippen LogP contribution in [0, 0.1) is 11.8 Å². The summed E-state index contributed by atoms with van der Waals surface area (Å²) < 4.78 is 10.7. The Morgan fingerprint density at radius 2 is 1.95 bits per heavy atom. The molecule has 1 aromatic rings. The zero-order valence-electron chi connectivity index (χ0n) is 12.2. The van der Waals surface area contributed by atoms with E-state index in [4.69, 9.17) is 14.6 Å². The number of aliphatic hydroxyl groups is 2. The van der Waals surface area contributed by atoms with Crippen LogP contribution in [-0.4, -0.2) is 36.6 Å². The van der Waals surface area contributed by atoms with Crippen molar-refractivity contribution in [2.75, 3.05) is 20.3 Å². The maximum atomic E-state index is 10.0. The van der Waals surface area contributed by atoms with E-state index in [1.807, 2.05) is 31.2 Å². The summed E-state index contributed by atoms with van der Waals surface area (Å²) in [5, 5.41) is 19.1. The Labute approximate surface area is 120 Å². The minimum atomic E-state index is -0.645. The predicted octanol–water partition coefficient (Wildman–Crippen LogP) is 2.00. The van der Waals surface area contributed by atoms with Crippen LogP contribution in [0.1, 0.15) is 12.5 Å². The van der Waals surface area contributed by atoms with E-state index in [0.29, 0.717) is 13.2 Å². The molecule has 0 amide bonds. The van der Waals surface area contributed by atoms with Crippen molar-refractivity contribution in [1.29, 1.82) is 0 Å². The average Bonchev–Trinajstić information content (AvgIpc) is 2.49. The average molecular weight is 280 g/mol. The second-order valence-corrected chi connectivity index (χ2v) is 4.91. The largest absolute Gasteiger partial charge is 0.497 e. The normalized spacial score (nSPS) is 15.4. The molecule has 3 atom stereocenters. The van der Waals surface area contributed by atoms with Gasteiger partial charge < -0.3 is 19.7 Å². The van der Waals surface area contributed by atoms with Gasteiger partial charge in [-0.2, -0.15) is 0 Å². The molecule has 0 spiro atoms. The molecular formula is C16H24O4. The fourth-order valence-electron chi connectivity index (χ4n) is 1.93. The van der Waals surface area contributed by atoms with E-state index < -0.39 is 6.10 Å². The molecular weight excluding hydrogens is 256 g/mol. The second kappa shape index (κ2) is 8.74. The molecule has 0 saturated heterocycles. The molecule has 1 aromatic carbocycles. The maximum absolute atomic E-state index is 10.0. The number of ether oxygens (including phenoxy) is 2. The molecule has 0 bridgehead atoms. The Kier molecular flexibility index (Phi) is 7.30. The molecule has 112 valence electrons. The predicted molar refractivity (Wildman–Crippen MR) is 78.6 cm³/mol. The molecule has 0 aliphatic rings. The number of rotatable bonds is 9. The summed E-state index contributed by atoms with van der Waals surface area (Å²) in [6.07, 6.45) is 0.929. The monoisotopic (exact) mass is 280 g/mol. The molecule has 4 nitrogen and oxygen atoms in total. The lowest BCUT2D eigenvalue weighted by molar-refractivity contribution is -0.00138. The van der Waals surface area contributed by atoms with Gasteiger partial charge in [-0.15, -0.1) is 6.58 Å². The molecule has 2 N–H and O–H groups in total. The molecule has 0 unspecified atom stereocenters. The third kappa shape index (κ3) is 4.96. The van der Waals surface area contributed by atoms with E-state index in [0.717, 1.165) is 11.3 Å². The summed E-state index contributed by atoms with van der Waals surface area (Å²) >= 11 is 0. The van der Waals surface area contributed by atoms with E-state index in [1.165, 1.54) is 0 Å². The van der Waals surface area contributed by atoms with Crippen molar-refractivity contribution in [3.8, 4) is 5.75 Å². The standard InChI is InChI=1S/C16H24O4/c1-4-14(9-17)16(18)12(2)10-20-11-13-5-7-15(19-3)8-6-13/h4-8,12,14,16-18H,1,9-11H2,2-3H3/t12-,14-,16-/m1/s1. The molecule has 0 aliphatic carbocycles. The molecule has 4 heteroatoms. The van der Waals surface area contributed by atoms with E-state index in [1.54, 1.807) is 13.2 Å². The SMILES string of the molecule is C=C[C@H](CO)[C@H](O)[C@H](C)COCc1ccc(OC)cc1. The zero-order valence-corrected chi connectivity index (χ0v) is 12.2. The van der Waals surface area contributed by atoms with Gasteiger partial charge in [-0.05, 0) is 17.7 Å². The first kappa shape index (κ1) is 16.7. The van der Waals surface area contributed by atoms with E-state index in [2.05, 4.69) is 6.58 Å². The van der Waals surface area contributed by atoms with Crippen LogP contribution in [0.25, 0.3) is 0 Å². The summed E-state index contributed by atoms with van der Waals surface area (Å²) in [7, 11) is 1.63. The third-order valence-electron chi connectivity index (χ3n) is 3.34.